The highest BCUT2D eigenvalue weighted by atomic mass is 19.1. The summed E-state index contributed by atoms with van der Waals surface area (Å²) in [6.07, 6.45) is 3.40. The molecule has 2 aromatic carbocycles. The summed E-state index contributed by atoms with van der Waals surface area (Å²) in [6.45, 7) is 0.150. The van der Waals surface area contributed by atoms with E-state index in [1.165, 1.54) is 24.3 Å². The van der Waals surface area contributed by atoms with Crippen molar-refractivity contribution in [2.45, 2.75) is 6.54 Å². The van der Waals surface area contributed by atoms with Gasteiger partial charge in [-0.05, 0) is 41.4 Å². The molecule has 3 rings (SSSR count). The van der Waals surface area contributed by atoms with E-state index in [9.17, 15) is 9.18 Å². The predicted octanol–water partition coefficient (Wildman–Crippen LogP) is 3.07. The smallest absolute Gasteiger partial charge is 0.287 e. The van der Waals surface area contributed by atoms with Gasteiger partial charge in [0, 0.05) is 17.2 Å². The zero-order valence-electron chi connectivity index (χ0n) is 13.1. The lowest BCUT2D eigenvalue weighted by Gasteiger charge is -2.02. The van der Waals surface area contributed by atoms with Gasteiger partial charge in [-0.3, -0.25) is 4.79 Å². The Labute approximate surface area is 139 Å². The molecular formula is C19H16FN2O2+. The summed E-state index contributed by atoms with van der Waals surface area (Å²) in [7, 11) is 1.62. The molecule has 1 aromatic heterocycles. The predicted molar refractivity (Wildman–Crippen MR) is 87.2 cm³/mol. The van der Waals surface area contributed by atoms with E-state index in [0.717, 1.165) is 17.0 Å². The Morgan fingerprint density at radius 3 is 2.62 bits per heavy atom. The average molecular weight is 323 g/mol. The second-order valence-corrected chi connectivity index (χ2v) is 5.28. The van der Waals surface area contributed by atoms with Gasteiger partial charge in [0.15, 0.2) is 12.2 Å². The van der Waals surface area contributed by atoms with E-state index < -0.39 is 0 Å². The Bertz CT molecular complexity index is 846. The molecule has 0 N–H and O–H groups in total. The maximum absolute atomic E-state index is 12.9. The standard InChI is InChI=1S/C19H16FN2O2/c1-24-17-4-2-3-15(11-17)18-9-10-22(13-21-18)12-19(23)14-5-7-16(20)8-6-14/h2-11,13H,12H2,1H3/q+1. The van der Waals surface area contributed by atoms with Crippen molar-refractivity contribution in [1.82, 2.24) is 4.98 Å². The van der Waals surface area contributed by atoms with Crippen LogP contribution in [0.5, 0.6) is 5.75 Å². The molecule has 3 aromatic rings. The maximum Gasteiger partial charge on any atom is 0.287 e. The largest absolute Gasteiger partial charge is 0.497 e. The van der Waals surface area contributed by atoms with Crippen molar-refractivity contribution in [3.8, 4) is 17.0 Å². The topological polar surface area (TPSA) is 43.1 Å². The van der Waals surface area contributed by atoms with E-state index >= 15 is 0 Å². The molecule has 0 aliphatic rings. The van der Waals surface area contributed by atoms with E-state index in [4.69, 9.17) is 4.74 Å². The molecule has 0 aliphatic heterocycles. The summed E-state index contributed by atoms with van der Waals surface area (Å²) in [4.78, 5) is 16.6. The van der Waals surface area contributed by atoms with Crippen LogP contribution >= 0.6 is 0 Å². The molecule has 5 heteroatoms. The van der Waals surface area contributed by atoms with Crippen LogP contribution in [-0.4, -0.2) is 17.9 Å². The third-order valence-electron chi connectivity index (χ3n) is 3.63. The number of hydrogen-bond acceptors (Lipinski definition) is 3. The number of hydrogen-bond donors (Lipinski definition) is 0. The van der Waals surface area contributed by atoms with Crippen LogP contribution in [0.4, 0.5) is 4.39 Å². The zero-order chi connectivity index (χ0) is 16.9. The molecule has 0 radical (unpaired) electrons. The summed E-state index contributed by atoms with van der Waals surface area (Å²) >= 11 is 0. The van der Waals surface area contributed by atoms with Gasteiger partial charge >= 0.3 is 0 Å². The Balaban J connectivity index is 1.74. The molecule has 0 spiro atoms. The van der Waals surface area contributed by atoms with Gasteiger partial charge in [0.25, 0.3) is 6.33 Å². The monoisotopic (exact) mass is 323 g/mol. The molecule has 120 valence electrons. The molecule has 0 atom stereocenters. The molecule has 1 heterocycles. The second-order valence-electron chi connectivity index (χ2n) is 5.28. The molecule has 0 saturated heterocycles. The van der Waals surface area contributed by atoms with Gasteiger partial charge in [-0.2, -0.15) is 0 Å². The molecule has 0 bridgehead atoms. The van der Waals surface area contributed by atoms with Crippen LogP contribution in [0.25, 0.3) is 11.3 Å². The van der Waals surface area contributed by atoms with Gasteiger partial charge < -0.3 is 4.74 Å². The van der Waals surface area contributed by atoms with Gasteiger partial charge in [-0.25, -0.2) is 8.96 Å². The Morgan fingerprint density at radius 1 is 1.17 bits per heavy atom. The van der Waals surface area contributed by atoms with Gasteiger partial charge in [0.1, 0.15) is 11.6 Å². The van der Waals surface area contributed by atoms with Crippen LogP contribution in [-0.2, 0) is 6.54 Å². The van der Waals surface area contributed by atoms with Crippen LogP contribution in [0.2, 0.25) is 0 Å². The Kier molecular flexibility index (Phi) is 4.61. The molecule has 4 nitrogen and oxygen atoms in total. The Hall–Kier alpha value is -3.08. The molecule has 0 unspecified atom stereocenters. The second kappa shape index (κ2) is 7.00. The summed E-state index contributed by atoms with van der Waals surface area (Å²) in [6, 6.07) is 15.0. The number of rotatable bonds is 5. The van der Waals surface area contributed by atoms with E-state index in [0.29, 0.717) is 5.56 Å². The highest BCUT2D eigenvalue weighted by Crippen LogP contribution is 2.20. The summed E-state index contributed by atoms with van der Waals surface area (Å²) in [5.74, 6) is 0.303. The first-order chi connectivity index (χ1) is 11.7. The first kappa shape index (κ1) is 15.8. The van der Waals surface area contributed by atoms with Crippen LogP contribution in [0.1, 0.15) is 10.4 Å². The number of halogens is 1. The van der Waals surface area contributed by atoms with Crippen molar-refractivity contribution in [2.75, 3.05) is 7.11 Å². The SMILES string of the molecule is COc1cccc(-c2cc[n+](CC(=O)c3ccc(F)cc3)cn2)c1. The van der Waals surface area contributed by atoms with Crippen molar-refractivity contribution in [3.05, 3.63) is 78.5 Å². The third-order valence-corrected chi connectivity index (χ3v) is 3.63. The number of nitrogens with zero attached hydrogens (tertiary/aromatic N) is 2. The highest BCUT2D eigenvalue weighted by Gasteiger charge is 2.12. The molecule has 24 heavy (non-hydrogen) atoms. The van der Waals surface area contributed by atoms with E-state index in [2.05, 4.69) is 4.98 Å². The highest BCUT2D eigenvalue weighted by molar-refractivity contribution is 5.94. The van der Waals surface area contributed by atoms with Crippen LogP contribution in [0, 0.1) is 5.82 Å². The average Bonchev–Trinajstić information content (AvgIpc) is 2.63. The number of Topliss-reactive ketones (excluding diaryl/α,β-unsaturated/α-hetero) is 1. The fourth-order valence-corrected chi connectivity index (χ4v) is 2.32. The number of benzene rings is 2. The fourth-order valence-electron chi connectivity index (χ4n) is 2.32. The third kappa shape index (κ3) is 3.63. The van der Waals surface area contributed by atoms with Gasteiger partial charge in [0.05, 0.1) is 13.3 Å². The van der Waals surface area contributed by atoms with Crippen molar-refractivity contribution in [3.63, 3.8) is 0 Å². The lowest BCUT2D eigenvalue weighted by Crippen LogP contribution is -2.37. The summed E-state index contributed by atoms with van der Waals surface area (Å²) in [5.41, 5.74) is 2.20. The maximum atomic E-state index is 12.9. The minimum absolute atomic E-state index is 0.101. The number of aromatic nitrogens is 2. The molecule has 0 saturated carbocycles. The van der Waals surface area contributed by atoms with Crippen molar-refractivity contribution >= 4 is 5.78 Å². The lowest BCUT2D eigenvalue weighted by molar-refractivity contribution is -0.686. The number of ether oxygens (including phenoxy) is 1. The number of methoxy groups -OCH3 is 1. The van der Waals surface area contributed by atoms with Crippen molar-refractivity contribution in [2.24, 2.45) is 0 Å². The van der Waals surface area contributed by atoms with E-state index in [1.54, 1.807) is 24.2 Å². The molecule has 0 fully saturated rings. The van der Waals surface area contributed by atoms with Gasteiger partial charge in [0.2, 0.25) is 5.78 Å². The quantitative estimate of drug-likeness (QED) is 0.535. The van der Waals surface area contributed by atoms with Gasteiger partial charge in [-0.15, -0.1) is 0 Å². The van der Waals surface area contributed by atoms with Crippen LogP contribution < -0.4 is 9.30 Å². The normalized spacial score (nSPS) is 10.4. The van der Waals surface area contributed by atoms with Crippen LogP contribution in [0.3, 0.4) is 0 Å². The molecule has 0 aliphatic carbocycles. The number of carbonyl (C=O) groups is 1. The number of ketones is 1. The van der Waals surface area contributed by atoms with E-state index in [-0.39, 0.29) is 18.1 Å². The van der Waals surface area contributed by atoms with Crippen LogP contribution in [0.15, 0.2) is 67.1 Å². The van der Waals surface area contributed by atoms with Crippen molar-refractivity contribution in [1.29, 1.82) is 0 Å². The Morgan fingerprint density at radius 2 is 1.96 bits per heavy atom. The first-order valence-electron chi connectivity index (χ1n) is 7.44. The zero-order valence-corrected chi connectivity index (χ0v) is 13.1. The summed E-state index contributed by atoms with van der Waals surface area (Å²) < 4.78 is 19.8. The molecular weight excluding hydrogens is 307 g/mol. The molecule has 0 amide bonds. The fraction of sp³-hybridized carbons (Fsp3) is 0.105. The van der Waals surface area contributed by atoms with E-state index in [1.807, 2.05) is 30.3 Å². The minimum Gasteiger partial charge on any atom is -0.497 e. The first-order valence-corrected chi connectivity index (χ1v) is 7.44. The van der Waals surface area contributed by atoms with Crippen molar-refractivity contribution < 1.29 is 18.5 Å². The number of carbonyl (C=O) groups excluding carboxylic acids is 1. The summed E-state index contributed by atoms with van der Waals surface area (Å²) in [5, 5.41) is 0. The van der Waals surface area contributed by atoms with Gasteiger partial charge in [-0.1, -0.05) is 12.1 Å². The minimum atomic E-state index is -0.358. The lowest BCUT2D eigenvalue weighted by atomic mass is 10.1.